The quantitative estimate of drug-likeness (QED) is 0.111. The summed E-state index contributed by atoms with van der Waals surface area (Å²) in [6, 6.07) is 96.4. The number of anilines is 9. The van der Waals surface area contributed by atoms with Gasteiger partial charge in [0.05, 0.1) is 50.6 Å². The van der Waals surface area contributed by atoms with Gasteiger partial charge in [0.1, 0.15) is 0 Å². The smallest absolute Gasteiger partial charge is 0.0877 e. The zero-order chi connectivity index (χ0) is 55.3. The van der Waals surface area contributed by atoms with E-state index in [-0.39, 0.29) is 11.8 Å². The van der Waals surface area contributed by atoms with Crippen LogP contribution in [0.15, 0.2) is 309 Å². The predicted molar refractivity (Wildman–Crippen MR) is 349 cm³/mol. The number of hydrogen-bond acceptors (Lipinski definition) is 4. The lowest BCUT2D eigenvalue weighted by Gasteiger charge is -2.62. The summed E-state index contributed by atoms with van der Waals surface area (Å²) in [6.45, 7) is 4.83. The maximum Gasteiger partial charge on any atom is 0.0877 e. The van der Waals surface area contributed by atoms with Crippen LogP contribution >= 0.6 is 0 Å². The molecule has 0 N–H and O–H groups in total. The molecule has 0 aromatic heterocycles. The van der Waals surface area contributed by atoms with Gasteiger partial charge in [-0.2, -0.15) is 0 Å². The number of nitrogens with zero attached hydrogens (tertiary/aromatic N) is 4. The van der Waals surface area contributed by atoms with Crippen molar-refractivity contribution in [1.82, 2.24) is 0 Å². The van der Waals surface area contributed by atoms with Crippen molar-refractivity contribution in [1.29, 1.82) is 0 Å². The van der Waals surface area contributed by atoms with Gasteiger partial charge in [-0.15, -0.1) is 0 Å². The molecular weight excluding hydrogens is 1000 g/mol. The van der Waals surface area contributed by atoms with Crippen molar-refractivity contribution in [2.45, 2.75) is 36.3 Å². The highest BCUT2D eigenvalue weighted by atomic mass is 15.4. The first-order valence-electron chi connectivity index (χ1n) is 29.2. The van der Waals surface area contributed by atoms with Crippen LogP contribution in [0.1, 0.15) is 53.1 Å². The molecule has 4 heteroatoms. The van der Waals surface area contributed by atoms with Crippen LogP contribution in [0.2, 0.25) is 0 Å². The van der Waals surface area contributed by atoms with E-state index in [4.69, 9.17) is 0 Å². The van der Waals surface area contributed by atoms with Gasteiger partial charge in [0, 0.05) is 34.6 Å². The third-order valence-corrected chi connectivity index (χ3v) is 18.9. The highest BCUT2D eigenvalue weighted by Crippen LogP contribution is 2.63. The van der Waals surface area contributed by atoms with Crippen LogP contribution in [-0.4, -0.2) is 11.1 Å². The van der Waals surface area contributed by atoms with Gasteiger partial charge in [0.15, 0.2) is 0 Å². The summed E-state index contributed by atoms with van der Waals surface area (Å²) in [5.41, 5.74) is 17.9. The minimum Gasteiger partial charge on any atom is -0.328 e. The Morgan fingerprint density at radius 3 is 1.43 bits per heavy atom. The average Bonchev–Trinajstić information content (AvgIpc) is 2.04. The molecule has 4 unspecified atom stereocenters. The first-order valence-corrected chi connectivity index (χ1v) is 29.2. The van der Waals surface area contributed by atoms with Gasteiger partial charge in [-0.05, 0) is 154 Å². The van der Waals surface area contributed by atoms with Crippen LogP contribution < -0.4 is 19.6 Å². The largest absolute Gasteiger partial charge is 0.328 e. The van der Waals surface area contributed by atoms with E-state index in [1.165, 1.54) is 77.7 Å². The van der Waals surface area contributed by atoms with Crippen molar-refractivity contribution >= 4 is 84.9 Å². The van der Waals surface area contributed by atoms with Crippen LogP contribution in [0.25, 0.3) is 33.7 Å². The molecule has 2 aliphatic heterocycles. The van der Waals surface area contributed by atoms with E-state index >= 15 is 0 Å². The van der Waals surface area contributed by atoms with Crippen molar-refractivity contribution in [3.05, 3.63) is 342 Å². The molecule has 0 amide bonds. The molecule has 0 saturated heterocycles. The Labute approximate surface area is 486 Å². The monoisotopic (exact) mass is 1060 g/mol. The molecule has 5 aliphatic rings. The lowest BCUT2D eigenvalue weighted by atomic mass is 9.62. The molecule has 2 heterocycles. The number of allylic oxidation sites excluding steroid dienone is 5. The Bertz CT molecular complexity index is 4430. The molecule has 0 fully saturated rings. The Morgan fingerprint density at radius 1 is 0.386 bits per heavy atom. The summed E-state index contributed by atoms with van der Waals surface area (Å²) in [4.78, 5) is 9.99. The summed E-state index contributed by atoms with van der Waals surface area (Å²) in [5.74, 6) is 0.221. The molecule has 396 valence electrons. The van der Waals surface area contributed by atoms with Gasteiger partial charge >= 0.3 is 0 Å². The van der Waals surface area contributed by atoms with Gasteiger partial charge in [-0.3, -0.25) is 0 Å². The van der Waals surface area contributed by atoms with E-state index in [1.807, 2.05) is 0 Å². The minimum absolute atomic E-state index is 0.0710. The Balaban J connectivity index is 0.767. The molecule has 11 aromatic carbocycles. The Hall–Kier alpha value is -10.2. The summed E-state index contributed by atoms with van der Waals surface area (Å²) < 4.78 is 0. The molecule has 4 nitrogen and oxygen atoms in total. The van der Waals surface area contributed by atoms with Crippen molar-refractivity contribution in [2.75, 3.05) is 19.6 Å². The zero-order valence-corrected chi connectivity index (χ0v) is 46.5. The fraction of sp³-hybridized carbons (Fsp3) is 0.0886. The molecule has 3 aliphatic carbocycles. The SMILES string of the molecule is CC12C=CC=CC1(C)N(c1ccccc1)c1ccccc1N2C1=CC2C(C=C1)c1ccc(/C=C/c3ccc4c(ccc5cc(N6c7ccccc7N(c7ccccc7)c7ccccc76)ccc54)c3)cc1C2(c1ccccc1)c1ccccc1. The second-order valence-corrected chi connectivity index (χ2v) is 23.2. The zero-order valence-electron chi connectivity index (χ0n) is 46.5. The molecular formula is C79H60N4. The molecule has 11 aromatic rings. The molecule has 4 atom stereocenters. The maximum atomic E-state index is 2.64. The standard InChI is InChI=1S/C79H60N4/c1-77-49-21-22-50-78(77,2)83(76-36-20-19-35-75(76)82(77)62-29-13-6-14-30-62)64-44-48-68-67-46-40-56(52-69(67)79(70(68)54-64,59-23-7-3-8-24-59)60-25-9-4-10-26-60)38-37-55-39-45-65-57(51-55)41-42-58-53-63(43-47-66(58)65)81-73-33-17-15-31-71(73)80(61-27-11-5-12-28-61)72-32-16-18-34-74(72)81/h3-54,68,70H,1-2H3/b38-37+. The van der Waals surface area contributed by atoms with E-state index in [2.05, 4.69) is 349 Å². The lowest BCUT2D eigenvalue weighted by molar-refractivity contribution is 0.350. The summed E-state index contributed by atoms with van der Waals surface area (Å²) >= 11 is 0. The number of hydrogen-bond donors (Lipinski definition) is 0. The van der Waals surface area contributed by atoms with Crippen molar-refractivity contribution < 1.29 is 0 Å². The van der Waals surface area contributed by atoms with E-state index in [9.17, 15) is 0 Å². The third-order valence-electron chi connectivity index (χ3n) is 18.9. The average molecular weight is 1070 g/mol. The third kappa shape index (κ3) is 7.32. The highest BCUT2D eigenvalue weighted by Gasteiger charge is 2.58. The van der Waals surface area contributed by atoms with Crippen molar-refractivity contribution in [3.63, 3.8) is 0 Å². The fourth-order valence-electron chi connectivity index (χ4n) is 15.0. The van der Waals surface area contributed by atoms with Crippen molar-refractivity contribution in [2.24, 2.45) is 5.92 Å². The van der Waals surface area contributed by atoms with Gasteiger partial charge in [0.2, 0.25) is 0 Å². The van der Waals surface area contributed by atoms with Gasteiger partial charge in [0.25, 0.3) is 0 Å². The van der Waals surface area contributed by atoms with E-state index in [0.717, 1.165) is 34.1 Å². The molecule has 0 bridgehead atoms. The van der Waals surface area contributed by atoms with E-state index in [0.29, 0.717) is 0 Å². The molecule has 0 spiro atoms. The molecule has 83 heavy (non-hydrogen) atoms. The number of rotatable bonds is 8. The van der Waals surface area contributed by atoms with Crippen LogP contribution in [0.3, 0.4) is 0 Å². The number of para-hydroxylation sites is 8. The van der Waals surface area contributed by atoms with Crippen molar-refractivity contribution in [3.8, 4) is 0 Å². The van der Waals surface area contributed by atoms with Gasteiger partial charge < -0.3 is 19.6 Å². The predicted octanol–water partition coefficient (Wildman–Crippen LogP) is 20.2. The van der Waals surface area contributed by atoms with E-state index < -0.39 is 16.5 Å². The fourth-order valence-corrected chi connectivity index (χ4v) is 15.0. The highest BCUT2D eigenvalue weighted by molar-refractivity contribution is 6.10. The minimum atomic E-state index is -0.493. The first kappa shape index (κ1) is 48.7. The summed E-state index contributed by atoms with van der Waals surface area (Å²) in [5, 5.41) is 4.91. The maximum absolute atomic E-state index is 2.64. The van der Waals surface area contributed by atoms with Crippen LogP contribution in [0.4, 0.5) is 51.2 Å². The summed E-state index contributed by atoms with van der Waals surface area (Å²) in [7, 11) is 0. The van der Waals surface area contributed by atoms with Crippen LogP contribution in [0.5, 0.6) is 0 Å². The normalized spacial score (nSPS) is 20.6. The number of fused-ring (bicyclic) bond motifs is 10. The summed E-state index contributed by atoms with van der Waals surface area (Å²) in [6.07, 6.45) is 21.5. The second-order valence-electron chi connectivity index (χ2n) is 23.2. The Kier molecular flexibility index (Phi) is 11.1. The lowest BCUT2D eigenvalue weighted by Crippen LogP contribution is -2.69. The topological polar surface area (TPSA) is 13.0 Å². The first-order chi connectivity index (χ1) is 40.9. The van der Waals surface area contributed by atoms with Gasteiger partial charge in [-0.25, -0.2) is 0 Å². The van der Waals surface area contributed by atoms with Gasteiger partial charge in [-0.1, -0.05) is 231 Å². The second kappa shape index (κ2) is 19.0. The number of benzene rings is 11. The molecule has 16 rings (SSSR count). The van der Waals surface area contributed by atoms with Crippen LogP contribution in [-0.2, 0) is 5.41 Å². The molecule has 0 radical (unpaired) electrons. The molecule has 0 saturated carbocycles. The van der Waals surface area contributed by atoms with E-state index in [1.54, 1.807) is 0 Å². The van der Waals surface area contributed by atoms with Crippen LogP contribution in [0, 0.1) is 5.92 Å². The Morgan fingerprint density at radius 2 is 0.843 bits per heavy atom.